The van der Waals surface area contributed by atoms with Gasteiger partial charge in [-0.15, -0.1) is 0 Å². The van der Waals surface area contributed by atoms with Gasteiger partial charge < -0.3 is 30.6 Å². The van der Waals surface area contributed by atoms with Crippen molar-refractivity contribution in [2.75, 3.05) is 31.0 Å². The van der Waals surface area contributed by atoms with Crippen LogP contribution in [0.1, 0.15) is 54.9 Å². The normalized spacial score (nSPS) is 23.3. The molecule has 1 aromatic carbocycles. The Bertz CT molecular complexity index is 1490. The number of para-hydroxylation sites is 1. The van der Waals surface area contributed by atoms with E-state index in [1.807, 2.05) is 29.1 Å². The summed E-state index contributed by atoms with van der Waals surface area (Å²) in [6.07, 6.45) is 11.3. The molecule has 208 valence electrons. The number of benzene rings is 1. The molecule has 2 aromatic heterocycles. The first kappa shape index (κ1) is 25.0. The highest BCUT2D eigenvalue weighted by atomic mass is 16.7. The number of carbonyl (C=O) groups is 2. The Morgan fingerprint density at radius 3 is 2.62 bits per heavy atom. The number of amides is 2. The highest BCUT2D eigenvalue weighted by molar-refractivity contribution is 6.01. The van der Waals surface area contributed by atoms with Crippen LogP contribution in [0.25, 0.3) is 11.1 Å². The molecule has 3 aliphatic carbocycles. The Morgan fingerprint density at radius 1 is 1.15 bits per heavy atom. The fourth-order valence-corrected chi connectivity index (χ4v) is 6.46. The molecule has 4 fully saturated rings. The Balaban J connectivity index is 1.15. The third-order valence-corrected chi connectivity index (χ3v) is 9.05. The molecule has 1 saturated heterocycles. The second-order valence-electron chi connectivity index (χ2n) is 11.2. The standard InChI is InChI=1S/C29H32N6O5/c1-38-25-18(17-14-32-35(16-17)23-6-9-29(23)39-10-11-40-29)4-2-5-21(25)33-22-12-24(31-15-19(22)26(30)36)34-27(37)20-13-28(20)7-3-8-28/h2,4-5,12,14-16,20,23H,3,6-11,13H2,1H3,(H2,30,36)(H2,31,33,34,37)/t20-,23+/m1/s1. The maximum absolute atomic E-state index is 12.8. The molecule has 0 unspecified atom stereocenters. The van der Waals surface area contributed by atoms with Gasteiger partial charge in [-0.05, 0) is 37.2 Å². The molecule has 1 aliphatic heterocycles. The monoisotopic (exact) mass is 544 g/mol. The maximum atomic E-state index is 12.8. The van der Waals surface area contributed by atoms with Crippen LogP contribution in [0.3, 0.4) is 0 Å². The van der Waals surface area contributed by atoms with E-state index >= 15 is 0 Å². The summed E-state index contributed by atoms with van der Waals surface area (Å²) in [6.45, 7) is 1.20. The van der Waals surface area contributed by atoms with Gasteiger partial charge in [0.2, 0.25) is 5.91 Å². The number of nitrogens with zero attached hydrogens (tertiary/aromatic N) is 3. The summed E-state index contributed by atoms with van der Waals surface area (Å²) in [5.41, 5.74) is 8.80. The second-order valence-corrected chi connectivity index (χ2v) is 11.2. The summed E-state index contributed by atoms with van der Waals surface area (Å²) < 4.78 is 19.5. The van der Waals surface area contributed by atoms with Crippen molar-refractivity contribution in [2.24, 2.45) is 17.1 Å². The number of methoxy groups -OCH3 is 1. The van der Waals surface area contributed by atoms with E-state index in [0.29, 0.717) is 36.2 Å². The number of primary amides is 1. The number of carbonyl (C=O) groups excluding carboxylic acids is 2. The second kappa shape index (κ2) is 9.31. The van der Waals surface area contributed by atoms with Crippen LogP contribution in [0.4, 0.5) is 17.2 Å². The zero-order valence-corrected chi connectivity index (χ0v) is 22.3. The van der Waals surface area contributed by atoms with Gasteiger partial charge >= 0.3 is 0 Å². The molecular formula is C29H32N6O5. The van der Waals surface area contributed by atoms with Gasteiger partial charge in [0.1, 0.15) is 17.6 Å². The van der Waals surface area contributed by atoms with Crippen LogP contribution in [0.5, 0.6) is 5.75 Å². The summed E-state index contributed by atoms with van der Waals surface area (Å²) in [4.78, 5) is 29.3. The molecule has 2 amide bonds. The zero-order chi connectivity index (χ0) is 27.5. The van der Waals surface area contributed by atoms with Gasteiger partial charge in [0.25, 0.3) is 5.91 Å². The minimum absolute atomic E-state index is 0.0226. The van der Waals surface area contributed by atoms with Gasteiger partial charge in [-0.25, -0.2) is 4.98 Å². The number of hydrogen-bond acceptors (Lipinski definition) is 8. The molecule has 0 radical (unpaired) electrons. The zero-order valence-electron chi connectivity index (χ0n) is 22.3. The van der Waals surface area contributed by atoms with Crippen LogP contribution in [0.15, 0.2) is 42.9 Å². The van der Waals surface area contributed by atoms with Crippen LogP contribution in [-0.2, 0) is 14.3 Å². The van der Waals surface area contributed by atoms with Crippen LogP contribution >= 0.6 is 0 Å². The first-order valence-corrected chi connectivity index (χ1v) is 13.8. The summed E-state index contributed by atoms with van der Waals surface area (Å²) in [6, 6.07) is 7.35. The van der Waals surface area contributed by atoms with Crippen LogP contribution in [0, 0.1) is 11.3 Å². The van der Waals surface area contributed by atoms with Crippen molar-refractivity contribution in [1.29, 1.82) is 0 Å². The molecule has 0 bridgehead atoms. The molecule has 4 N–H and O–H groups in total. The molecular weight excluding hydrogens is 512 g/mol. The van der Waals surface area contributed by atoms with Crippen molar-refractivity contribution in [2.45, 2.75) is 50.4 Å². The van der Waals surface area contributed by atoms with Crippen molar-refractivity contribution in [3.63, 3.8) is 0 Å². The number of rotatable bonds is 8. The van der Waals surface area contributed by atoms with E-state index in [1.54, 1.807) is 19.4 Å². The molecule has 2 atom stereocenters. The van der Waals surface area contributed by atoms with Crippen molar-refractivity contribution in [3.05, 3.63) is 48.4 Å². The minimum Gasteiger partial charge on any atom is -0.494 e. The molecule has 40 heavy (non-hydrogen) atoms. The summed E-state index contributed by atoms with van der Waals surface area (Å²) in [5.74, 6) is -0.264. The lowest BCUT2D eigenvalue weighted by molar-refractivity contribution is -0.242. The smallest absolute Gasteiger partial charge is 0.252 e. The molecule has 3 saturated carbocycles. The van der Waals surface area contributed by atoms with Crippen LogP contribution in [0.2, 0.25) is 0 Å². The quantitative estimate of drug-likeness (QED) is 0.386. The fraction of sp³-hybridized carbons (Fsp3) is 0.448. The SMILES string of the molecule is COc1c(Nc2cc(NC(=O)[C@H]3CC34CCC4)ncc2C(N)=O)cccc1-c1cnn([C@H]2CCC23OCCO3)c1. The average Bonchev–Trinajstić information content (AvgIpc) is 3.23. The molecule has 11 heteroatoms. The lowest BCUT2D eigenvalue weighted by Crippen LogP contribution is -2.49. The topological polar surface area (TPSA) is 143 Å². The van der Waals surface area contributed by atoms with Crippen LogP contribution < -0.4 is 21.1 Å². The number of ether oxygens (including phenoxy) is 3. The number of aromatic nitrogens is 3. The van der Waals surface area contributed by atoms with Gasteiger partial charge in [0.15, 0.2) is 5.79 Å². The first-order chi connectivity index (χ1) is 19.4. The van der Waals surface area contributed by atoms with Gasteiger partial charge in [-0.3, -0.25) is 14.3 Å². The Kier molecular flexibility index (Phi) is 5.83. The Morgan fingerprint density at radius 2 is 1.98 bits per heavy atom. The predicted molar refractivity (Wildman–Crippen MR) is 146 cm³/mol. The van der Waals surface area contributed by atoms with E-state index < -0.39 is 11.7 Å². The van der Waals surface area contributed by atoms with Crippen molar-refractivity contribution in [1.82, 2.24) is 14.8 Å². The van der Waals surface area contributed by atoms with Crippen molar-refractivity contribution in [3.8, 4) is 16.9 Å². The summed E-state index contributed by atoms with van der Waals surface area (Å²) >= 11 is 0. The first-order valence-electron chi connectivity index (χ1n) is 13.8. The number of nitrogens with one attached hydrogen (secondary N) is 2. The molecule has 3 aromatic rings. The summed E-state index contributed by atoms with van der Waals surface area (Å²) in [5, 5.41) is 10.8. The summed E-state index contributed by atoms with van der Waals surface area (Å²) in [7, 11) is 1.59. The van der Waals surface area contributed by atoms with Crippen molar-refractivity contribution < 1.29 is 23.8 Å². The van der Waals surface area contributed by atoms with Crippen LogP contribution in [-0.4, -0.2) is 52.7 Å². The molecule has 2 spiro atoms. The number of anilines is 3. The largest absolute Gasteiger partial charge is 0.494 e. The third-order valence-electron chi connectivity index (χ3n) is 9.05. The third kappa shape index (κ3) is 4.03. The minimum atomic E-state index is -0.634. The average molecular weight is 545 g/mol. The van der Waals surface area contributed by atoms with Crippen molar-refractivity contribution >= 4 is 29.0 Å². The van der Waals surface area contributed by atoms with Gasteiger partial charge in [-0.1, -0.05) is 18.6 Å². The highest BCUT2D eigenvalue weighted by Crippen LogP contribution is 2.65. The fourth-order valence-electron chi connectivity index (χ4n) is 6.46. The van der Waals surface area contributed by atoms with Gasteiger partial charge in [0.05, 0.1) is 43.5 Å². The Hall–Kier alpha value is -3.96. The molecule has 3 heterocycles. The lowest BCUT2D eigenvalue weighted by atomic mass is 9.80. The van der Waals surface area contributed by atoms with Gasteiger partial charge in [0, 0.05) is 41.9 Å². The maximum Gasteiger partial charge on any atom is 0.252 e. The van der Waals surface area contributed by atoms with E-state index in [2.05, 4.69) is 20.7 Å². The van der Waals surface area contributed by atoms with E-state index in [9.17, 15) is 9.59 Å². The van der Waals surface area contributed by atoms with E-state index in [1.165, 1.54) is 12.6 Å². The van der Waals surface area contributed by atoms with E-state index in [-0.39, 0.29) is 28.8 Å². The molecule has 11 nitrogen and oxygen atoms in total. The number of hydrogen-bond donors (Lipinski definition) is 3. The van der Waals surface area contributed by atoms with Gasteiger partial charge in [-0.2, -0.15) is 5.10 Å². The Labute approximate surface area is 231 Å². The van der Waals surface area contributed by atoms with E-state index in [4.69, 9.17) is 19.9 Å². The number of nitrogens with two attached hydrogens (primary N) is 1. The highest BCUT2D eigenvalue weighted by Gasteiger charge is 2.61. The molecule has 4 aliphatic rings. The van der Waals surface area contributed by atoms with E-state index in [0.717, 1.165) is 43.2 Å². The lowest BCUT2D eigenvalue weighted by Gasteiger charge is -2.44. The molecule has 7 rings (SSSR count). The number of pyridine rings is 1. The predicted octanol–water partition coefficient (Wildman–Crippen LogP) is 4.00.